The lowest BCUT2D eigenvalue weighted by molar-refractivity contribution is 0.298. The quantitative estimate of drug-likeness (QED) is 0.624. The number of ether oxygens (including phenoxy) is 2. The van der Waals surface area contributed by atoms with Crippen molar-refractivity contribution < 1.29 is 9.47 Å². The van der Waals surface area contributed by atoms with Crippen LogP contribution in [-0.2, 0) is 19.4 Å². The highest BCUT2D eigenvalue weighted by molar-refractivity contribution is 7.80. The van der Waals surface area contributed by atoms with E-state index in [4.69, 9.17) is 21.7 Å². The standard InChI is InChI=1S/C21H26O2S/c1-6-17-9-8-10-20(23-16(5)24)19(17)13-22-21-12-14(3)18(7-2)11-15(21)4/h8-12H,6-7,13H2,1-5H3. The second kappa shape index (κ2) is 8.29. The lowest BCUT2D eigenvalue weighted by Gasteiger charge is -2.17. The minimum absolute atomic E-state index is 0.480. The van der Waals surface area contributed by atoms with E-state index in [1.165, 1.54) is 22.3 Å². The summed E-state index contributed by atoms with van der Waals surface area (Å²) in [6.45, 7) is 10.8. The summed E-state index contributed by atoms with van der Waals surface area (Å²) in [4.78, 5) is 0. The molecule has 0 aliphatic heterocycles. The average molecular weight is 343 g/mol. The van der Waals surface area contributed by atoms with Gasteiger partial charge in [0.2, 0.25) is 0 Å². The largest absolute Gasteiger partial charge is 0.488 e. The van der Waals surface area contributed by atoms with Crippen molar-refractivity contribution in [3.63, 3.8) is 0 Å². The van der Waals surface area contributed by atoms with E-state index in [1.807, 2.05) is 12.1 Å². The van der Waals surface area contributed by atoms with Gasteiger partial charge < -0.3 is 9.47 Å². The van der Waals surface area contributed by atoms with Crippen LogP contribution in [0.3, 0.4) is 0 Å². The van der Waals surface area contributed by atoms with Crippen LogP contribution in [0.2, 0.25) is 0 Å². The molecule has 2 rings (SSSR count). The van der Waals surface area contributed by atoms with E-state index in [2.05, 4.69) is 45.9 Å². The molecule has 0 radical (unpaired) electrons. The third-order valence-electron chi connectivity index (χ3n) is 4.25. The summed E-state index contributed by atoms with van der Waals surface area (Å²) in [6, 6.07) is 10.4. The van der Waals surface area contributed by atoms with Gasteiger partial charge in [-0.05, 0) is 73.3 Å². The molecule has 0 heterocycles. The van der Waals surface area contributed by atoms with Gasteiger partial charge in [-0.15, -0.1) is 0 Å². The monoisotopic (exact) mass is 342 g/mol. The van der Waals surface area contributed by atoms with Gasteiger partial charge in [-0.3, -0.25) is 0 Å². The Balaban J connectivity index is 2.28. The Bertz CT molecular complexity index is 735. The van der Waals surface area contributed by atoms with E-state index in [0.29, 0.717) is 11.7 Å². The molecule has 0 fully saturated rings. The predicted molar refractivity (Wildman–Crippen MR) is 104 cm³/mol. The zero-order chi connectivity index (χ0) is 17.7. The summed E-state index contributed by atoms with van der Waals surface area (Å²) in [5.41, 5.74) is 6.10. The zero-order valence-electron chi connectivity index (χ0n) is 15.2. The van der Waals surface area contributed by atoms with Crippen molar-refractivity contribution >= 4 is 17.3 Å². The van der Waals surface area contributed by atoms with Crippen LogP contribution >= 0.6 is 12.2 Å². The Hall–Kier alpha value is -1.87. The van der Waals surface area contributed by atoms with Crippen molar-refractivity contribution in [2.45, 2.75) is 54.1 Å². The summed E-state index contributed by atoms with van der Waals surface area (Å²) in [5, 5.41) is 0.517. The molecule has 0 aromatic heterocycles. The molecule has 2 aromatic carbocycles. The molecule has 0 amide bonds. The molecule has 0 saturated carbocycles. The number of rotatable bonds is 6. The van der Waals surface area contributed by atoms with Gasteiger partial charge in [0.15, 0.2) is 5.05 Å². The molecular formula is C21H26O2S. The number of benzene rings is 2. The Morgan fingerprint density at radius 3 is 2.29 bits per heavy atom. The highest BCUT2D eigenvalue weighted by Gasteiger charge is 2.12. The second-order valence-corrected chi connectivity index (χ2v) is 6.60. The third-order valence-corrected chi connectivity index (χ3v) is 4.33. The topological polar surface area (TPSA) is 18.5 Å². The van der Waals surface area contributed by atoms with Crippen molar-refractivity contribution in [3.05, 3.63) is 58.1 Å². The first-order chi connectivity index (χ1) is 11.5. The van der Waals surface area contributed by atoms with Crippen LogP contribution in [0.25, 0.3) is 0 Å². The highest BCUT2D eigenvalue weighted by Crippen LogP contribution is 2.28. The van der Waals surface area contributed by atoms with Crippen molar-refractivity contribution in [2.75, 3.05) is 0 Å². The first-order valence-electron chi connectivity index (χ1n) is 8.48. The minimum Gasteiger partial charge on any atom is -0.488 e. The van der Waals surface area contributed by atoms with Crippen LogP contribution in [0.4, 0.5) is 0 Å². The van der Waals surface area contributed by atoms with Gasteiger partial charge in [-0.1, -0.05) is 32.0 Å². The van der Waals surface area contributed by atoms with Crippen LogP contribution in [0.15, 0.2) is 30.3 Å². The molecule has 24 heavy (non-hydrogen) atoms. The fraction of sp³-hybridized carbons (Fsp3) is 0.381. The molecule has 128 valence electrons. The lowest BCUT2D eigenvalue weighted by atomic mass is 10.0. The van der Waals surface area contributed by atoms with Gasteiger partial charge in [0.1, 0.15) is 18.1 Å². The summed E-state index contributed by atoms with van der Waals surface area (Å²) >= 11 is 5.10. The van der Waals surface area contributed by atoms with E-state index in [-0.39, 0.29) is 0 Å². The molecule has 0 atom stereocenters. The number of hydrogen-bond acceptors (Lipinski definition) is 3. The molecule has 0 spiro atoms. The van der Waals surface area contributed by atoms with E-state index < -0.39 is 0 Å². The molecule has 0 N–H and O–H groups in total. The van der Waals surface area contributed by atoms with Gasteiger partial charge in [-0.25, -0.2) is 0 Å². The number of aryl methyl sites for hydroxylation is 4. The van der Waals surface area contributed by atoms with E-state index in [1.54, 1.807) is 6.92 Å². The molecule has 2 aromatic rings. The summed E-state index contributed by atoms with van der Waals surface area (Å²) < 4.78 is 11.9. The molecule has 0 aliphatic rings. The van der Waals surface area contributed by atoms with Crippen LogP contribution in [0.1, 0.15) is 48.6 Å². The van der Waals surface area contributed by atoms with Crippen molar-refractivity contribution in [1.29, 1.82) is 0 Å². The maximum atomic E-state index is 6.14. The van der Waals surface area contributed by atoms with Gasteiger partial charge in [0.25, 0.3) is 0 Å². The Labute approximate surface area is 150 Å². The molecule has 3 heteroatoms. The molecular weight excluding hydrogens is 316 g/mol. The van der Waals surface area contributed by atoms with Crippen LogP contribution in [0, 0.1) is 13.8 Å². The Morgan fingerprint density at radius 2 is 1.67 bits per heavy atom. The summed E-state index contributed by atoms with van der Waals surface area (Å²) in [6.07, 6.45) is 1.97. The van der Waals surface area contributed by atoms with Gasteiger partial charge >= 0.3 is 0 Å². The first-order valence-corrected chi connectivity index (χ1v) is 8.89. The SMILES string of the molecule is CCc1cc(C)c(OCc2c(CC)cccc2OC(C)=S)cc1C. The maximum Gasteiger partial charge on any atom is 0.164 e. The normalized spacial score (nSPS) is 10.5. The van der Waals surface area contributed by atoms with Gasteiger partial charge in [-0.2, -0.15) is 0 Å². The Kier molecular flexibility index (Phi) is 6.38. The van der Waals surface area contributed by atoms with E-state index in [9.17, 15) is 0 Å². The van der Waals surface area contributed by atoms with E-state index in [0.717, 1.165) is 29.9 Å². The maximum absolute atomic E-state index is 6.14. The molecule has 0 saturated heterocycles. The fourth-order valence-electron chi connectivity index (χ4n) is 2.89. The van der Waals surface area contributed by atoms with Crippen molar-refractivity contribution in [1.82, 2.24) is 0 Å². The Morgan fingerprint density at radius 1 is 0.958 bits per heavy atom. The summed E-state index contributed by atoms with van der Waals surface area (Å²) in [7, 11) is 0. The highest BCUT2D eigenvalue weighted by atomic mass is 32.1. The molecule has 0 aliphatic carbocycles. The molecule has 0 unspecified atom stereocenters. The second-order valence-electron chi connectivity index (χ2n) is 6.03. The van der Waals surface area contributed by atoms with Crippen molar-refractivity contribution in [3.8, 4) is 11.5 Å². The first kappa shape index (κ1) is 18.5. The minimum atomic E-state index is 0.480. The third kappa shape index (κ3) is 4.35. The van der Waals surface area contributed by atoms with Crippen LogP contribution in [0.5, 0.6) is 11.5 Å². The number of hydrogen-bond donors (Lipinski definition) is 0. The van der Waals surface area contributed by atoms with Gasteiger partial charge in [0.05, 0.1) is 0 Å². The summed E-state index contributed by atoms with van der Waals surface area (Å²) in [5.74, 6) is 1.72. The zero-order valence-corrected chi connectivity index (χ0v) is 16.0. The van der Waals surface area contributed by atoms with Crippen molar-refractivity contribution in [2.24, 2.45) is 0 Å². The smallest absolute Gasteiger partial charge is 0.164 e. The van der Waals surface area contributed by atoms with Crippen LogP contribution in [-0.4, -0.2) is 5.05 Å². The predicted octanol–water partition coefficient (Wildman–Crippen LogP) is 5.73. The molecule has 2 nitrogen and oxygen atoms in total. The van der Waals surface area contributed by atoms with Gasteiger partial charge in [0, 0.05) is 12.5 Å². The number of thiocarbonyl (C=S) groups is 1. The lowest BCUT2D eigenvalue weighted by Crippen LogP contribution is -2.07. The molecule has 0 bridgehead atoms. The average Bonchev–Trinajstić information content (AvgIpc) is 2.55. The van der Waals surface area contributed by atoms with E-state index >= 15 is 0 Å². The van der Waals surface area contributed by atoms with Crippen LogP contribution < -0.4 is 9.47 Å². The fourth-order valence-corrected chi connectivity index (χ4v) is 2.98.